The first-order chi connectivity index (χ1) is 8.63. The molecule has 3 nitrogen and oxygen atoms in total. The number of allylic oxidation sites excluding steroid dienone is 2. The molecule has 0 N–H and O–H groups in total. The number of nitrogens with zero attached hydrogens (tertiary/aromatic N) is 2. The topological polar surface area (TPSA) is 34.9 Å². The van der Waals surface area contributed by atoms with Gasteiger partial charge in [-0.05, 0) is 31.2 Å². The van der Waals surface area contributed by atoms with Crippen LogP contribution in [0.4, 0.5) is 0 Å². The van der Waals surface area contributed by atoms with Gasteiger partial charge in [0.15, 0.2) is 0 Å². The number of Topliss-reactive ketones (excluding diaryl/α,β-unsaturated/α-hetero) is 1. The van der Waals surface area contributed by atoms with E-state index in [4.69, 9.17) is 23.2 Å². The molecule has 1 aromatic heterocycles. The minimum Gasteiger partial charge on any atom is -0.287 e. The van der Waals surface area contributed by atoms with Crippen molar-refractivity contribution in [1.29, 1.82) is 0 Å². The summed E-state index contributed by atoms with van der Waals surface area (Å²) in [4.78, 5) is 12.3. The van der Waals surface area contributed by atoms with Gasteiger partial charge in [0, 0.05) is 23.0 Å². The van der Waals surface area contributed by atoms with E-state index in [0.29, 0.717) is 21.3 Å². The van der Waals surface area contributed by atoms with Crippen molar-refractivity contribution >= 4 is 34.7 Å². The second kappa shape index (κ2) is 5.38. The maximum absolute atomic E-state index is 12.3. The molecule has 0 aliphatic carbocycles. The molecule has 2 aromatic rings. The van der Waals surface area contributed by atoms with Gasteiger partial charge in [0.25, 0.3) is 0 Å². The van der Waals surface area contributed by atoms with Crippen molar-refractivity contribution < 1.29 is 4.79 Å². The van der Waals surface area contributed by atoms with Crippen LogP contribution in [0.1, 0.15) is 17.3 Å². The predicted octanol–water partition coefficient (Wildman–Crippen LogP) is 3.93. The number of hydrogen-bond donors (Lipinski definition) is 0. The number of hydrogen-bond acceptors (Lipinski definition) is 2. The minimum absolute atomic E-state index is 0.192. The van der Waals surface area contributed by atoms with E-state index in [1.165, 1.54) is 4.68 Å². The Bertz CT molecular complexity index is 603. The number of rotatable bonds is 3. The molecule has 92 valence electrons. The normalized spacial score (nSPS) is 11.6. The average molecular weight is 281 g/mol. The van der Waals surface area contributed by atoms with Crippen LogP contribution in [0.5, 0.6) is 0 Å². The average Bonchev–Trinajstić information content (AvgIpc) is 2.83. The molecule has 0 saturated carbocycles. The third-order valence-corrected chi connectivity index (χ3v) is 2.98. The number of carbonyl (C=O) groups excluding carboxylic acids is 1. The number of carbonyl (C=O) groups is 1. The fourth-order valence-electron chi connectivity index (χ4n) is 1.59. The molecule has 1 heterocycles. The summed E-state index contributed by atoms with van der Waals surface area (Å²) in [6, 6.07) is 6.55. The van der Waals surface area contributed by atoms with Crippen LogP contribution in [-0.4, -0.2) is 15.6 Å². The van der Waals surface area contributed by atoms with Crippen LogP contribution in [0.2, 0.25) is 10.0 Å². The Morgan fingerprint density at radius 2 is 2.17 bits per heavy atom. The zero-order chi connectivity index (χ0) is 13.1. The van der Waals surface area contributed by atoms with E-state index in [2.05, 4.69) is 5.10 Å². The summed E-state index contributed by atoms with van der Waals surface area (Å²) in [5.74, 6) is -0.192. The predicted molar refractivity (Wildman–Crippen MR) is 73.0 cm³/mol. The molecule has 0 fully saturated rings. The van der Waals surface area contributed by atoms with Crippen LogP contribution in [0, 0.1) is 0 Å². The lowest BCUT2D eigenvalue weighted by atomic mass is 10.1. The molecule has 1 aromatic carbocycles. The van der Waals surface area contributed by atoms with E-state index in [9.17, 15) is 4.79 Å². The van der Waals surface area contributed by atoms with Crippen LogP contribution >= 0.6 is 23.2 Å². The molecule has 0 saturated heterocycles. The monoisotopic (exact) mass is 280 g/mol. The van der Waals surface area contributed by atoms with Gasteiger partial charge in [0.2, 0.25) is 5.78 Å². The van der Waals surface area contributed by atoms with Crippen molar-refractivity contribution in [3.05, 3.63) is 58.3 Å². The van der Waals surface area contributed by atoms with Crippen molar-refractivity contribution in [2.45, 2.75) is 6.92 Å². The maximum Gasteiger partial charge on any atom is 0.212 e. The van der Waals surface area contributed by atoms with Crippen LogP contribution in [0.3, 0.4) is 0 Å². The van der Waals surface area contributed by atoms with E-state index < -0.39 is 0 Å². The number of ketones is 1. The third kappa shape index (κ3) is 2.47. The van der Waals surface area contributed by atoms with Crippen molar-refractivity contribution in [1.82, 2.24) is 9.78 Å². The molecule has 0 atom stereocenters. The summed E-state index contributed by atoms with van der Waals surface area (Å²) in [6.07, 6.45) is 5.01. The zero-order valence-electron chi connectivity index (χ0n) is 9.60. The smallest absolute Gasteiger partial charge is 0.212 e. The second-order valence-corrected chi connectivity index (χ2v) is 4.42. The summed E-state index contributed by atoms with van der Waals surface area (Å²) < 4.78 is 1.51. The van der Waals surface area contributed by atoms with Gasteiger partial charge in [-0.2, -0.15) is 5.10 Å². The molecule has 0 aliphatic rings. The summed E-state index contributed by atoms with van der Waals surface area (Å²) >= 11 is 11.8. The Labute approximate surface area is 115 Å². The number of benzene rings is 1. The lowest BCUT2D eigenvalue weighted by molar-refractivity contribution is 0.105. The Morgan fingerprint density at radius 3 is 2.72 bits per heavy atom. The molecule has 18 heavy (non-hydrogen) atoms. The molecule has 0 amide bonds. The second-order valence-electron chi connectivity index (χ2n) is 3.58. The fourth-order valence-corrected chi connectivity index (χ4v) is 2.08. The highest BCUT2D eigenvalue weighted by atomic mass is 35.5. The standard InChI is InChI=1S/C13H10Cl2N2O/c1-2-12(17-7-3-6-16-17)13(18)10-5-4-9(14)8-11(10)15/h2-8H,1H3/b12-2+. The highest BCUT2D eigenvalue weighted by Gasteiger charge is 2.16. The first-order valence-corrected chi connectivity index (χ1v) is 6.05. The first-order valence-electron chi connectivity index (χ1n) is 5.29. The third-order valence-electron chi connectivity index (χ3n) is 2.43. The lowest BCUT2D eigenvalue weighted by Crippen LogP contribution is -2.10. The zero-order valence-corrected chi connectivity index (χ0v) is 11.1. The molecular weight excluding hydrogens is 271 g/mol. The van der Waals surface area contributed by atoms with E-state index in [1.807, 2.05) is 0 Å². The summed E-state index contributed by atoms with van der Waals surface area (Å²) in [5.41, 5.74) is 0.855. The number of aromatic nitrogens is 2. The van der Waals surface area contributed by atoms with Crippen molar-refractivity contribution in [3.63, 3.8) is 0 Å². The van der Waals surface area contributed by atoms with Gasteiger partial charge >= 0.3 is 0 Å². The Hall–Kier alpha value is -1.58. The maximum atomic E-state index is 12.3. The van der Waals surface area contributed by atoms with Crippen LogP contribution < -0.4 is 0 Å². The van der Waals surface area contributed by atoms with Crippen LogP contribution in [0.25, 0.3) is 5.70 Å². The van der Waals surface area contributed by atoms with Gasteiger partial charge < -0.3 is 0 Å². The summed E-state index contributed by atoms with van der Waals surface area (Å²) in [5, 5.41) is 4.87. The van der Waals surface area contributed by atoms with E-state index in [-0.39, 0.29) is 5.78 Å². The van der Waals surface area contributed by atoms with Gasteiger partial charge in [0.1, 0.15) is 5.70 Å². The lowest BCUT2D eigenvalue weighted by Gasteiger charge is -2.08. The van der Waals surface area contributed by atoms with E-state index in [1.54, 1.807) is 49.7 Å². The molecule has 0 unspecified atom stereocenters. The van der Waals surface area contributed by atoms with Gasteiger partial charge in [-0.1, -0.05) is 29.3 Å². The van der Waals surface area contributed by atoms with Gasteiger partial charge in [-0.25, -0.2) is 4.68 Å². The number of halogens is 2. The largest absolute Gasteiger partial charge is 0.287 e. The molecule has 0 spiro atoms. The van der Waals surface area contributed by atoms with Crippen molar-refractivity contribution in [2.24, 2.45) is 0 Å². The summed E-state index contributed by atoms with van der Waals surface area (Å²) in [6.45, 7) is 1.78. The van der Waals surface area contributed by atoms with Crippen LogP contribution in [-0.2, 0) is 0 Å². The van der Waals surface area contributed by atoms with Gasteiger partial charge in [0.05, 0.1) is 5.02 Å². The van der Waals surface area contributed by atoms with Crippen molar-refractivity contribution in [3.8, 4) is 0 Å². The first kappa shape index (κ1) is 12.9. The molecule has 0 radical (unpaired) electrons. The highest BCUT2D eigenvalue weighted by molar-refractivity contribution is 6.39. The quantitative estimate of drug-likeness (QED) is 0.631. The minimum atomic E-state index is -0.192. The molecule has 0 aliphatic heterocycles. The molecular formula is C13H10Cl2N2O. The molecule has 2 rings (SSSR count). The SMILES string of the molecule is C/C=C(\C(=O)c1ccc(Cl)cc1Cl)n1cccn1. The molecule has 5 heteroatoms. The van der Waals surface area contributed by atoms with E-state index >= 15 is 0 Å². The van der Waals surface area contributed by atoms with E-state index in [0.717, 1.165) is 0 Å². The van der Waals surface area contributed by atoms with Gasteiger partial charge in [-0.15, -0.1) is 0 Å². The van der Waals surface area contributed by atoms with Gasteiger partial charge in [-0.3, -0.25) is 4.79 Å². The Morgan fingerprint density at radius 1 is 1.39 bits per heavy atom. The van der Waals surface area contributed by atoms with Crippen LogP contribution in [0.15, 0.2) is 42.7 Å². The van der Waals surface area contributed by atoms with Crippen molar-refractivity contribution in [2.75, 3.05) is 0 Å². The highest BCUT2D eigenvalue weighted by Crippen LogP contribution is 2.24. The Balaban J connectivity index is 2.42. The summed E-state index contributed by atoms with van der Waals surface area (Å²) in [7, 11) is 0. The Kier molecular flexibility index (Phi) is 3.84. The fraction of sp³-hybridized carbons (Fsp3) is 0.0769. The molecule has 0 bridgehead atoms.